The van der Waals surface area contributed by atoms with Crippen molar-refractivity contribution in [3.8, 4) is 0 Å². The third kappa shape index (κ3) is 4.11. The van der Waals surface area contributed by atoms with Gasteiger partial charge in [0, 0.05) is 10.4 Å². The SMILES string of the molecule is CCCC1CCC(C2=NC(=Cc3cccc(Br)c3)C(=O)O2)CC1. The third-order valence-corrected chi connectivity index (χ3v) is 5.18. The molecule has 1 aliphatic heterocycles. The van der Waals surface area contributed by atoms with Crippen molar-refractivity contribution in [3.05, 3.63) is 40.0 Å². The zero-order valence-electron chi connectivity index (χ0n) is 13.4. The van der Waals surface area contributed by atoms with E-state index in [9.17, 15) is 4.79 Å². The van der Waals surface area contributed by atoms with Gasteiger partial charge in [0.15, 0.2) is 5.70 Å². The summed E-state index contributed by atoms with van der Waals surface area (Å²) in [5.41, 5.74) is 1.36. The average molecular weight is 376 g/mol. The fraction of sp³-hybridized carbons (Fsp3) is 0.474. The van der Waals surface area contributed by atoms with Crippen LogP contribution in [0.2, 0.25) is 0 Å². The minimum Gasteiger partial charge on any atom is -0.406 e. The number of carbonyl (C=O) groups is 1. The highest BCUT2D eigenvalue weighted by molar-refractivity contribution is 9.10. The molecule has 1 heterocycles. The molecule has 0 aromatic heterocycles. The number of benzene rings is 1. The molecule has 0 unspecified atom stereocenters. The van der Waals surface area contributed by atoms with E-state index in [1.54, 1.807) is 6.08 Å². The number of hydrogen-bond donors (Lipinski definition) is 0. The van der Waals surface area contributed by atoms with Gasteiger partial charge in [0.05, 0.1) is 0 Å². The lowest BCUT2D eigenvalue weighted by molar-refractivity contribution is -0.130. The number of cyclic esters (lactones) is 1. The summed E-state index contributed by atoms with van der Waals surface area (Å²) >= 11 is 3.44. The lowest BCUT2D eigenvalue weighted by Crippen LogP contribution is -2.22. The van der Waals surface area contributed by atoms with Crippen LogP contribution in [0.4, 0.5) is 0 Å². The van der Waals surface area contributed by atoms with Crippen LogP contribution in [-0.4, -0.2) is 11.9 Å². The van der Waals surface area contributed by atoms with E-state index in [1.807, 2.05) is 24.3 Å². The Morgan fingerprint density at radius 2 is 2.09 bits per heavy atom. The molecule has 1 aromatic carbocycles. The molecule has 0 amide bonds. The van der Waals surface area contributed by atoms with Gasteiger partial charge in [-0.15, -0.1) is 0 Å². The minimum atomic E-state index is -0.323. The van der Waals surface area contributed by atoms with E-state index in [0.29, 0.717) is 17.5 Å². The molecule has 0 saturated heterocycles. The normalized spacial score (nSPS) is 26.3. The predicted molar refractivity (Wildman–Crippen MR) is 96.0 cm³/mol. The second-order valence-electron chi connectivity index (χ2n) is 6.43. The molecule has 0 spiro atoms. The highest BCUT2D eigenvalue weighted by Crippen LogP contribution is 2.34. The number of carbonyl (C=O) groups excluding carboxylic acids is 1. The van der Waals surface area contributed by atoms with Crippen LogP contribution >= 0.6 is 15.9 Å². The Bertz CT molecular complexity index is 643. The van der Waals surface area contributed by atoms with Gasteiger partial charge in [-0.05, 0) is 55.4 Å². The molecule has 1 saturated carbocycles. The van der Waals surface area contributed by atoms with Crippen LogP contribution in [0.25, 0.3) is 6.08 Å². The highest BCUT2D eigenvalue weighted by atomic mass is 79.9. The Balaban J connectivity index is 1.70. The number of ether oxygens (including phenoxy) is 1. The van der Waals surface area contributed by atoms with E-state index in [1.165, 1.54) is 25.7 Å². The molecule has 4 heteroatoms. The number of rotatable bonds is 4. The maximum Gasteiger partial charge on any atom is 0.363 e. The second-order valence-corrected chi connectivity index (χ2v) is 7.35. The minimum absolute atomic E-state index is 0.306. The van der Waals surface area contributed by atoms with Crippen LogP contribution in [0.1, 0.15) is 51.0 Å². The number of esters is 1. The van der Waals surface area contributed by atoms with Crippen molar-refractivity contribution >= 4 is 33.9 Å². The van der Waals surface area contributed by atoms with Gasteiger partial charge in [-0.25, -0.2) is 9.79 Å². The Labute approximate surface area is 146 Å². The zero-order valence-corrected chi connectivity index (χ0v) is 15.0. The largest absolute Gasteiger partial charge is 0.406 e. The summed E-state index contributed by atoms with van der Waals surface area (Å²) in [7, 11) is 0. The summed E-state index contributed by atoms with van der Waals surface area (Å²) < 4.78 is 6.43. The molecule has 3 rings (SSSR count). The lowest BCUT2D eigenvalue weighted by atomic mass is 9.80. The molecule has 2 aliphatic rings. The highest BCUT2D eigenvalue weighted by Gasteiger charge is 2.32. The van der Waals surface area contributed by atoms with Crippen molar-refractivity contribution in [2.45, 2.75) is 45.4 Å². The van der Waals surface area contributed by atoms with Crippen molar-refractivity contribution in [1.82, 2.24) is 0 Å². The Kier molecular flexibility index (Phi) is 5.31. The van der Waals surface area contributed by atoms with Crippen LogP contribution in [0.15, 0.2) is 39.4 Å². The summed E-state index contributed by atoms with van der Waals surface area (Å²) in [5, 5.41) is 0. The van der Waals surface area contributed by atoms with Gasteiger partial charge in [-0.3, -0.25) is 0 Å². The van der Waals surface area contributed by atoms with Gasteiger partial charge < -0.3 is 4.74 Å². The molecule has 0 N–H and O–H groups in total. The van der Waals surface area contributed by atoms with E-state index < -0.39 is 0 Å². The van der Waals surface area contributed by atoms with Gasteiger partial charge in [0.2, 0.25) is 5.90 Å². The van der Waals surface area contributed by atoms with Gasteiger partial charge in [-0.1, -0.05) is 47.8 Å². The summed E-state index contributed by atoms with van der Waals surface area (Å²) in [5.74, 6) is 1.45. The van der Waals surface area contributed by atoms with Crippen molar-refractivity contribution in [2.24, 2.45) is 16.8 Å². The monoisotopic (exact) mass is 375 g/mol. The Morgan fingerprint density at radius 3 is 2.78 bits per heavy atom. The van der Waals surface area contributed by atoms with Gasteiger partial charge >= 0.3 is 5.97 Å². The summed E-state index contributed by atoms with van der Waals surface area (Å²) in [6.45, 7) is 2.24. The fourth-order valence-electron chi connectivity index (χ4n) is 3.46. The van der Waals surface area contributed by atoms with E-state index in [4.69, 9.17) is 4.74 Å². The van der Waals surface area contributed by atoms with E-state index in [0.717, 1.165) is 28.8 Å². The maximum atomic E-state index is 12.1. The number of aliphatic imine (C=N–C) groups is 1. The summed E-state index contributed by atoms with van der Waals surface area (Å²) in [6, 6.07) is 7.81. The molecule has 1 aliphatic carbocycles. The first-order chi connectivity index (χ1) is 11.2. The number of nitrogens with zero attached hydrogens (tertiary/aromatic N) is 1. The average Bonchev–Trinajstić information content (AvgIpc) is 2.89. The summed E-state index contributed by atoms with van der Waals surface area (Å²) in [4.78, 5) is 16.5. The predicted octanol–water partition coefficient (Wildman–Crippen LogP) is 5.35. The molecular weight excluding hydrogens is 354 g/mol. The van der Waals surface area contributed by atoms with Crippen LogP contribution in [0, 0.1) is 11.8 Å². The van der Waals surface area contributed by atoms with E-state index >= 15 is 0 Å². The quantitative estimate of drug-likeness (QED) is 0.525. The van der Waals surface area contributed by atoms with Gasteiger partial charge in [0.25, 0.3) is 0 Å². The zero-order chi connectivity index (χ0) is 16.2. The Hall–Kier alpha value is -1.42. The fourth-order valence-corrected chi connectivity index (χ4v) is 3.88. The van der Waals surface area contributed by atoms with Crippen molar-refractivity contribution in [2.75, 3.05) is 0 Å². The lowest BCUT2D eigenvalue weighted by Gasteiger charge is -2.27. The topological polar surface area (TPSA) is 38.7 Å². The molecule has 0 atom stereocenters. The molecule has 0 radical (unpaired) electrons. The van der Waals surface area contributed by atoms with Gasteiger partial charge in [-0.2, -0.15) is 0 Å². The first-order valence-electron chi connectivity index (χ1n) is 8.43. The third-order valence-electron chi connectivity index (χ3n) is 4.68. The molecule has 23 heavy (non-hydrogen) atoms. The molecular formula is C19H22BrNO2. The van der Waals surface area contributed by atoms with Crippen LogP contribution in [-0.2, 0) is 9.53 Å². The van der Waals surface area contributed by atoms with Gasteiger partial charge in [0.1, 0.15) is 0 Å². The molecule has 3 nitrogen and oxygen atoms in total. The standard InChI is InChI=1S/C19H22BrNO2/c1-2-4-13-7-9-15(10-8-13)18-21-17(19(22)23-18)12-14-5-3-6-16(20)11-14/h3,5-6,11-13,15H,2,4,7-10H2,1H3. The van der Waals surface area contributed by atoms with Crippen molar-refractivity contribution < 1.29 is 9.53 Å². The molecule has 122 valence electrons. The second kappa shape index (κ2) is 7.43. The number of halogens is 1. The van der Waals surface area contributed by atoms with E-state index in [2.05, 4.69) is 27.8 Å². The maximum absolute atomic E-state index is 12.1. The molecule has 1 fully saturated rings. The summed E-state index contributed by atoms with van der Waals surface area (Å²) in [6.07, 6.45) is 8.97. The van der Waals surface area contributed by atoms with Crippen molar-refractivity contribution in [1.29, 1.82) is 0 Å². The molecule has 1 aromatic rings. The first-order valence-corrected chi connectivity index (χ1v) is 9.23. The van der Waals surface area contributed by atoms with Crippen LogP contribution < -0.4 is 0 Å². The smallest absolute Gasteiger partial charge is 0.363 e. The van der Waals surface area contributed by atoms with E-state index in [-0.39, 0.29) is 5.97 Å². The van der Waals surface area contributed by atoms with Crippen molar-refractivity contribution in [3.63, 3.8) is 0 Å². The Morgan fingerprint density at radius 1 is 1.30 bits per heavy atom. The van der Waals surface area contributed by atoms with Crippen LogP contribution in [0.3, 0.4) is 0 Å². The number of hydrogen-bond acceptors (Lipinski definition) is 3. The first kappa shape index (κ1) is 16.4. The van der Waals surface area contributed by atoms with Crippen LogP contribution in [0.5, 0.6) is 0 Å². The molecule has 0 bridgehead atoms.